The molecule has 1 aromatic rings. The van der Waals surface area contributed by atoms with Gasteiger partial charge in [-0.3, -0.25) is 5.10 Å². The normalized spacial score (nSPS) is 27.3. The zero-order valence-electron chi connectivity index (χ0n) is 11.1. The summed E-state index contributed by atoms with van der Waals surface area (Å²) in [7, 11) is 0. The highest BCUT2D eigenvalue weighted by Gasteiger charge is 2.24. The zero-order chi connectivity index (χ0) is 12.3. The van der Waals surface area contributed by atoms with E-state index in [4.69, 9.17) is 0 Å². The molecule has 1 unspecified atom stereocenters. The predicted molar refractivity (Wildman–Crippen MR) is 68.5 cm³/mol. The smallest absolute Gasteiger partial charge is 0.141 e. The molecule has 0 spiro atoms. The van der Waals surface area contributed by atoms with Crippen LogP contribution in [0.2, 0.25) is 0 Å². The van der Waals surface area contributed by atoms with Crippen molar-refractivity contribution in [1.82, 2.24) is 20.5 Å². The second-order valence-corrected chi connectivity index (χ2v) is 5.61. The van der Waals surface area contributed by atoms with E-state index in [1.807, 2.05) is 0 Å². The lowest BCUT2D eigenvalue weighted by Crippen LogP contribution is -2.36. The molecule has 17 heavy (non-hydrogen) atoms. The molecule has 1 aromatic heterocycles. The van der Waals surface area contributed by atoms with E-state index in [1.165, 1.54) is 25.7 Å². The van der Waals surface area contributed by atoms with E-state index in [1.54, 1.807) is 6.33 Å². The van der Waals surface area contributed by atoms with Gasteiger partial charge in [-0.1, -0.05) is 13.8 Å². The lowest BCUT2D eigenvalue weighted by Gasteiger charge is -2.32. The second-order valence-electron chi connectivity index (χ2n) is 5.61. The molecular formula is C13H24N4. The summed E-state index contributed by atoms with van der Waals surface area (Å²) in [5.41, 5.74) is 0. The topological polar surface area (TPSA) is 53.6 Å². The molecule has 0 radical (unpaired) electrons. The average molecular weight is 236 g/mol. The fourth-order valence-corrected chi connectivity index (χ4v) is 2.81. The van der Waals surface area contributed by atoms with E-state index in [0.29, 0.717) is 6.04 Å². The van der Waals surface area contributed by atoms with Crippen LogP contribution in [-0.4, -0.2) is 21.2 Å². The first-order valence-electron chi connectivity index (χ1n) is 6.78. The highest BCUT2D eigenvalue weighted by molar-refractivity contribution is 4.91. The molecular weight excluding hydrogens is 212 g/mol. The van der Waals surface area contributed by atoms with Crippen LogP contribution in [0.5, 0.6) is 0 Å². The van der Waals surface area contributed by atoms with Crippen LogP contribution in [0.15, 0.2) is 6.33 Å². The molecule has 1 heterocycles. The quantitative estimate of drug-likeness (QED) is 0.845. The van der Waals surface area contributed by atoms with Gasteiger partial charge in [-0.2, -0.15) is 5.10 Å². The molecule has 1 saturated carbocycles. The van der Waals surface area contributed by atoms with Gasteiger partial charge >= 0.3 is 0 Å². The SMILES string of the molecule is CC(NC1CCC(C(C)C)CC1)c1ncn[nH]1. The summed E-state index contributed by atoms with van der Waals surface area (Å²) in [6.07, 6.45) is 6.88. The maximum atomic E-state index is 4.20. The van der Waals surface area contributed by atoms with Crippen LogP contribution in [0.1, 0.15) is 58.3 Å². The van der Waals surface area contributed by atoms with Gasteiger partial charge in [-0.25, -0.2) is 4.98 Å². The van der Waals surface area contributed by atoms with Gasteiger partial charge in [-0.15, -0.1) is 0 Å². The van der Waals surface area contributed by atoms with Crippen LogP contribution >= 0.6 is 0 Å². The first kappa shape index (κ1) is 12.6. The fraction of sp³-hybridized carbons (Fsp3) is 0.846. The first-order chi connectivity index (χ1) is 8.16. The Morgan fingerprint density at radius 3 is 2.47 bits per heavy atom. The van der Waals surface area contributed by atoms with Crippen LogP contribution in [0.25, 0.3) is 0 Å². The molecule has 2 rings (SSSR count). The Balaban J connectivity index is 1.78. The molecule has 0 amide bonds. The van der Waals surface area contributed by atoms with Crippen LogP contribution in [0, 0.1) is 11.8 Å². The number of nitrogens with one attached hydrogen (secondary N) is 2. The molecule has 1 aliphatic carbocycles. The number of hydrogen-bond donors (Lipinski definition) is 2. The number of aromatic nitrogens is 3. The highest BCUT2D eigenvalue weighted by Crippen LogP contribution is 2.30. The van der Waals surface area contributed by atoms with Crippen molar-refractivity contribution in [1.29, 1.82) is 0 Å². The van der Waals surface area contributed by atoms with Crippen molar-refractivity contribution in [3.8, 4) is 0 Å². The van der Waals surface area contributed by atoms with Crippen molar-refractivity contribution >= 4 is 0 Å². The third-order valence-electron chi connectivity index (χ3n) is 4.04. The Hall–Kier alpha value is -0.900. The standard InChI is InChI=1S/C13H24N4/c1-9(2)11-4-6-12(7-5-11)16-10(3)13-14-8-15-17-13/h8-12,16H,4-7H2,1-3H3,(H,14,15,17). The Labute approximate surface area is 104 Å². The molecule has 4 heteroatoms. The third kappa shape index (κ3) is 3.28. The summed E-state index contributed by atoms with van der Waals surface area (Å²) in [6, 6.07) is 0.920. The van der Waals surface area contributed by atoms with Crippen molar-refractivity contribution in [2.45, 2.75) is 58.5 Å². The van der Waals surface area contributed by atoms with Gasteiger partial charge in [-0.05, 0) is 44.4 Å². The second kappa shape index (κ2) is 5.63. The number of aromatic amines is 1. The summed E-state index contributed by atoms with van der Waals surface area (Å²) in [5, 5.41) is 10.5. The van der Waals surface area contributed by atoms with Crippen molar-refractivity contribution in [2.75, 3.05) is 0 Å². The largest absolute Gasteiger partial charge is 0.305 e. The summed E-state index contributed by atoms with van der Waals surface area (Å²) in [6.45, 7) is 6.83. The molecule has 1 aliphatic rings. The van der Waals surface area contributed by atoms with Gasteiger partial charge in [0, 0.05) is 6.04 Å². The number of hydrogen-bond acceptors (Lipinski definition) is 3. The zero-order valence-corrected chi connectivity index (χ0v) is 11.1. The van der Waals surface area contributed by atoms with Gasteiger partial charge in [0.1, 0.15) is 12.2 Å². The molecule has 2 N–H and O–H groups in total. The van der Waals surface area contributed by atoms with E-state index in [9.17, 15) is 0 Å². The Morgan fingerprint density at radius 1 is 1.24 bits per heavy atom. The number of H-pyrrole nitrogens is 1. The Kier molecular flexibility index (Phi) is 4.15. The third-order valence-corrected chi connectivity index (χ3v) is 4.04. The summed E-state index contributed by atoms with van der Waals surface area (Å²) in [4.78, 5) is 4.20. The molecule has 4 nitrogen and oxygen atoms in total. The molecule has 0 saturated heterocycles. The minimum absolute atomic E-state index is 0.276. The Bertz CT molecular complexity index is 312. The summed E-state index contributed by atoms with van der Waals surface area (Å²) < 4.78 is 0. The van der Waals surface area contributed by atoms with E-state index < -0.39 is 0 Å². The maximum absolute atomic E-state index is 4.20. The highest BCUT2D eigenvalue weighted by atomic mass is 15.2. The first-order valence-corrected chi connectivity index (χ1v) is 6.78. The Morgan fingerprint density at radius 2 is 1.94 bits per heavy atom. The number of nitrogens with zero attached hydrogens (tertiary/aromatic N) is 2. The van der Waals surface area contributed by atoms with Crippen LogP contribution in [0.4, 0.5) is 0 Å². The van der Waals surface area contributed by atoms with E-state index in [2.05, 4.69) is 41.3 Å². The van der Waals surface area contributed by atoms with E-state index in [0.717, 1.165) is 17.7 Å². The van der Waals surface area contributed by atoms with Gasteiger partial charge in [0.15, 0.2) is 0 Å². The molecule has 0 aliphatic heterocycles. The fourth-order valence-electron chi connectivity index (χ4n) is 2.81. The van der Waals surface area contributed by atoms with E-state index in [-0.39, 0.29) is 6.04 Å². The van der Waals surface area contributed by atoms with Gasteiger partial charge in [0.05, 0.1) is 6.04 Å². The average Bonchev–Trinajstić information content (AvgIpc) is 2.83. The number of rotatable bonds is 4. The van der Waals surface area contributed by atoms with Crippen molar-refractivity contribution in [2.24, 2.45) is 11.8 Å². The van der Waals surface area contributed by atoms with Crippen molar-refractivity contribution in [3.63, 3.8) is 0 Å². The van der Waals surface area contributed by atoms with Gasteiger partial charge in [0.25, 0.3) is 0 Å². The molecule has 1 atom stereocenters. The molecule has 0 aromatic carbocycles. The van der Waals surface area contributed by atoms with Crippen molar-refractivity contribution in [3.05, 3.63) is 12.2 Å². The van der Waals surface area contributed by atoms with Gasteiger partial charge < -0.3 is 5.32 Å². The van der Waals surface area contributed by atoms with Gasteiger partial charge in [0.2, 0.25) is 0 Å². The maximum Gasteiger partial charge on any atom is 0.141 e. The van der Waals surface area contributed by atoms with E-state index >= 15 is 0 Å². The predicted octanol–water partition coefficient (Wildman–Crippen LogP) is 2.67. The molecule has 1 fully saturated rings. The van der Waals surface area contributed by atoms with Crippen LogP contribution < -0.4 is 5.32 Å². The molecule has 96 valence electrons. The van der Waals surface area contributed by atoms with Crippen LogP contribution in [0.3, 0.4) is 0 Å². The minimum atomic E-state index is 0.276. The lowest BCUT2D eigenvalue weighted by atomic mass is 9.79. The summed E-state index contributed by atoms with van der Waals surface area (Å²) >= 11 is 0. The lowest BCUT2D eigenvalue weighted by molar-refractivity contribution is 0.229. The monoisotopic (exact) mass is 236 g/mol. The van der Waals surface area contributed by atoms with Crippen molar-refractivity contribution < 1.29 is 0 Å². The molecule has 0 bridgehead atoms. The summed E-state index contributed by atoms with van der Waals surface area (Å²) in [5.74, 6) is 2.70. The van der Waals surface area contributed by atoms with Crippen LogP contribution in [-0.2, 0) is 0 Å². The minimum Gasteiger partial charge on any atom is -0.305 e.